The van der Waals surface area contributed by atoms with Gasteiger partial charge in [-0.1, -0.05) is 31.5 Å². The zero-order chi connectivity index (χ0) is 11.9. The first-order chi connectivity index (χ1) is 8.17. The Hall–Kier alpha value is -1.28. The zero-order valence-corrected chi connectivity index (χ0v) is 10.1. The summed E-state index contributed by atoms with van der Waals surface area (Å²) in [7, 11) is 0. The van der Waals surface area contributed by atoms with E-state index in [9.17, 15) is 5.11 Å². The molecular weight excluding hydrogens is 212 g/mol. The lowest BCUT2D eigenvalue weighted by atomic mass is 9.77. The number of rotatable bonds is 1. The topological polar surface area (TPSA) is 33.4 Å². The van der Waals surface area contributed by atoms with E-state index in [2.05, 4.69) is 6.92 Å². The van der Waals surface area contributed by atoms with Crippen molar-refractivity contribution < 1.29 is 9.52 Å². The molecule has 3 rings (SSSR count). The van der Waals surface area contributed by atoms with Gasteiger partial charge in [-0.05, 0) is 37.3 Å². The fourth-order valence-corrected chi connectivity index (χ4v) is 2.96. The summed E-state index contributed by atoms with van der Waals surface area (Å²) in [6, 6.07) is 9.93. The highest BCUT2D eigenvalue weighted by molar-refractivity contribution is 5.77. The van der Waals surface area contributed by atoms with Crippen LogP contribution in [0.1, 0.15) is 38.4 Å². The third-order valence-electron chi connectivity index (χ3n) is 3.86. The second-order valence-electron chi connectivity index (χ2n) is 5.38. The van der Waals surface area contributed by atoms with E-state index < -0.39 is 5.60 Å². The molecule has 1 heterocycles. The van der Waals surface area contributed by atoms with Gasteiger partial charge in [-0.25, -0.2) is 0 Å². The molecule has 1 saturated carbocycles. The zero-order valence-electron chi connectivity index (χ0n) is 10.1. The van der Waals surface area contributed by atoms with Crippen LogP contribution in [0.15, 0.2) is 34.7 Å². The van der Waals surface area contributed by atoms with E-state index in [1.54, 1.807) is 0 Å². The Morgan fingerprint density at radius 2 is 2.18 bits per heavy atom. The van der Waals surface area contributed by atoms with E-state index in [1.807, 2.05) is 30.3 Å². The Bertz CT molecular complexity index is 495. The van der Waals surface area contributed by atoms with Gasteiger partial charge in [0.25, 0.3) is 0 Å². The fraction of sp³-hybridized carbons (Fsp3) is 0.467. The monoisotopic (exact) mass is 230 g/mol. The van der Waals surface area contributed by atoms with Crippen molar-refractivity contribution in [1.29, 1.82) is 0 Å². The summed E-state index contributed by atoms with van der Waals surface area (Å²) < 4.78 is 5.81. The maximum absolute atomic E-state index is 10.7. The summed E-state index contributed by atoms with van der Waals surface area (Å²) in [5, 5.41) is 11.8. The largest absolute Gasteiger partial charge is 0.458 e. The Morgan fingerprint density at radius 3 is 2.94 bits per heavy atom. The minimum absolute atomic E-state index is 0.571. The Kier molecular flexibility index (Phi) is 2.48. The van der Waals surface area contributed by atoms with Crippen molar-refractivity contribution in [3.05, 3.63) is 36.1 Å². The molecule has 17 heavy (non-hydrogen) atoms. The fourth-order valence-electron chi connectivity index (χ4n) is 2.96. The second-order valence-corrected chi connectivity index (χ2v) is 5.38. The van der Waals surface area contributed by atoms with Crippen LogP contribution in [0, 0.1) is 5.92 Å². The molecule has 0 amide bonds. The molecule has 2 atom stereocenters. The molecule has 90 valence electrons. The number of furan rings is 1. The van der Waals surface area contributed by atoms with Gasteiger partial charge in [0.15, 0.2) is 0 Å². The van der Waals surface area contributed by atoms with Crippen LogP contribution in [0.2, 0.25) is 0 Å². The van der Waals surface area contributed by atoms with Gasteiger partial charge in [-0.3, -0.25) is 0 Å². The van der Waals surface area contributed by atoms with E-state index in [0.717, 1.165) is 36.0 Å². The lowest BCUT2D eigenvalue weighted by Crippen LogP contribution is -2.31. The highest BCUT2D eigenvalue weighted by Gasteiger charge is 2.37. The van der Waals surface area contributed by atoms with E-state index in [0.29, 0.717) is 5.92 Å². The third kappa shape index (κ3) is 1.87. The van der Waals surface area contributed by atoms with Crippen LogP contribution < -0.4 is 0 Å². The van der Waals surface area contributed by atoms with E-state index >= 15 is 0 Å². The van der Waals surface area contributed by atoms with Crippen LogP contribution in [-0.4, -0.2) is 5.11 Å². The van der Waals surface area contributed by atoms with E-state index in [1.165, 1.54) is 6.42 Å². The number of para-hydroxylation sites is 1. The van der Waals surface area contributed by atoms with Gasteiger partial charge in [-0.2, -0.15) is 0 Å². The maximum atomic E-state index is 10.7. The predicted molar refractivity (Wildman–Crippen MR) is 67.7 cm³/mol. The average Bonchev–Trinajstić information content (AvgIpc) is 2.73. The molecule has 2 heteroatoms. The van der Waals surface area contributed by atoms with Gasteiger partial charge in [0.1, 0.15) is 16.9 Å². The average molecular weight is 230 g/mol. The van der Waals surface area contributed by atoms with E-state index in [-0.39, 0.29) is 0 Å². The molecule has 2 unspecified atom stereocenters. The summed E-state index contributed by atoms with van der Waals surface area (Å²) in [5.74, 6) is 1.31. The van der Waals surface area contributed by atoms with Gasteiger partial charge in [0.2, 0.25) is 0 Å². The van der Waals surface area contributed by atoms with Crippen molar-refractivity contribution >= 4 is 11.0 Å². The number of fused-ring (bicyclic) bond motifs is 1. The summed E-state index contributed by atoms with van der Waals surface area (Å²) in [6.07, 6.45) is 3.92. The molecular formula is C15H18O2. The summed E-state index contributed by atoms with van der Waals surface area (Å²) >= 11 is 0. The van der Waals surface area contributed by atoms with Gasteiger partial charge in [0, 0.05) is 5.39 Å². The van der Waals surface area contributed by atoms with Crippen molar-refractivity contribution in [3.8, 4) is 0 Å². The van der Waals surface area contributed by atoms with Crippen LogP contribution in [-0.2, 0) is 5.60 Å². The first-order valence-corrected chi connectivity index (χ1v) is 6.39. The van der Waals surface area contributed by atoms with Crippen molar-refractivity contribution in [1.82, 2.24) is 0 Å². The molecule has 0 bridgehead atoms. The summed E-state index contributed by atoms with van der Waals surface area (Å²) in [5.41, 5.74) is 0.116. The van der Waals surface area contributed by atoms with Gasteiger partial charge >= 0.3 is 0 Å². The summed E-state index contributed by atoms with van der Waals surface area (Å²) in [6.45, 7) is 2.20. The standard InChI is InChI=1S/C15H18O2/c1-11-5-4-8-15(16,10-11)14-9-12-6-2-3-7-13(12)17-14/h2-3,6-7,9,11,16H,4-5,8,10H2,1H3. The Balaban J connectivity index is 2.02. The molecule has 1 aromatic heterocycles. The van der Waals surface area contributed by atoms with Crippen LogP contribution in [0.25, 0.3) is 11.0 Å². The highest BCUT2D eigenvalue weighted by atomic mass is 16.4. The molecule has 0 aliphatic heterocycles. The normalized spacial score (nSPS) is 29.6. The molecule has 0 spiro atoms. The molecule has 1 aliphatic carbocycles. The third-order valence-corrected chi connectivity index (χ3v) is 3.86. The molecule has 0 radical (unpaired) electrons. The first-order valence-electron chi connectivity index (χ1n) is 6.39. The molecule has 2 aromatic rings. The van der Waals surface area contributed by atoms with Gasteiger partial charge < -0.3 is 9.52 Å². The minimum atomic E-state index is -0.753. The number of hydrogen-bond acceptors (Lipinski definition) is 2. The lowest BCUT2D eigenvalue weighted by Gasteiger charge is -2.33. The SMILES string of the molecule is CC1CCCC(O)(c2cc3ccccc3o2)C1. The van der Waals surface area contributed by atoms with Crippen LogP contribution in [0.3, 0.4) is 0 Å². The lowest BCUT2D eigenvalue weighted by molar-refractivity contribution is -0.0345. The van der Waals surface area contributed by atoms with E-state index in [4.69, 9.17) is 4.42 Å². The summed E-state index contributed by atoms with van der Waals surface area (Å²) in [4.78, 5) is 0. The van der Waals surface area contributed by atoms with Crippen LogP contribution in [0.5, 0.6) is 0 Å². The quantitative estimate of drug-likeness (QED) is 0.807. The van der Waals surface area contributed by atoms with Crippen LogP contribution in [0.4, 0.5) is 0 Å². The maximum Gasteiger partial charge on any atom is 0.136 e. The van der Waals surface area contributed by atoms with Crippen molar-refractivity contribution in [2.75, 3.05) is 0 Å². The van der Waals surface area contributed by atoms with Gasteiger partial charge in [-0.15, -0.1) is 0 Å². The van der Waals surface area contributed by atoms with Crippen LogP contribution >= 0.6 is 0 Å². The van der Waals surface area contributed by atoms with Gasteiger partial charge in [0.05, 0.1) is 0 Å². The predicted octanol–water partition coefficient (Wildman–Crippen LogP) is 3.83. The molecule has 1 aromatic carbocycles. The molecule has 1 fully saturated rings. The number of benzene rings is 1. The van der Waals surface area contributed by atoms with Crippen molar-refractivity contribution in [2.24, 2.45) is 5.92 Å². The molecule has 1 N–H and O–H groups in total. The van der Waals surface area contributed by atoms with Crippen molar-refractivity contribution in [3.63, 3.8) is 0 Å². The smallest absolute Gasteiger partial charge is 0.136 e. The van der Waals surface area contributed by atoms with Crippen molar-refractivity contribution in [2.45, 2.75) is 38.2 Å². The molecule has 0 saturated heterocycles. The number of hydrogen-bond donors (Lipinski definition) is 1. The molecule has 2 nitrogen and oxygen atoms in total. The first kappa shape index (κ1) is 10.8. The molecule has 1 aliphatic rings. The number of aliphatic hydroxyl groups is 1. The Morgan fingerprint density at radius 1 is 1.35 bits per heavy atom. The second kappa shape index (κ2) is 3.88. The minimum Gasteiger partial charge on any atom is -0.458 e. The Labute approximate surface area is 101 Å². The highest BCUT2D eigenvalue weighted by Crippen LogP contribution is 2.41.